The van der Waals surface area contributed by atoms with Crippen molar-refractivity contribution in [3.63, 3.8) is 0 Å². The van der Waals surface area contributed by atoms with E-state index in [4.69, 9.17) is 4.74 Å². The number of carbonyl (C=O) groups excluding carboxylic acids is 1. The molecular formula is C23H27N3O2. The van der Waals surface area contributed by atoms with Crippen LogP contribution in [-0.2, 0) is 10.2 Å². The summed E-state index contributed by atoms with van der Waals surface area (Å²) in [4.78, 5) is 11.6. The van der Waals surface area contributed by atoms with Gasteiger partial charge in [0.2, 0.25) is 0 Å². The van der Waals surface area contributed by atoms with Gasteiger partial charge >= 0.3 is 5.97 Å². The summed E-state index contributed by atoms with van der Waals surface area (Å²) >= 11 is 0. The lowest BCUT2D eigenvalue weighted by Crippen LogP contribution is -2.15. The molecule has 0 unspecified atom stereocenters. The Bertz CT molecular complexity index is 966. The first-order valence-corrected chi connectivity index (χ1v) is 9.46. The van der Waals surface area contributed by atoms with Gasteiger partial charge in [0.15, 0.2) is 0 Å². The molecule has 0 saturated heterocycles. The standard InChI is InChI=1S/C23H27N3O2/c1-6-24-21-13-17(11-12-18(21)23(2,3)4)20-14-19(25-26-20)15-7-9-16(10-8-15)22(27)28-5/h7-14,24H,6H2,1-5H3,(H,25,26). The van der Waals surface area contributed by atoms with E-state index >= 15 is 0 Å². The second-order valence-corrected chi connectivity index (χ2v) is 7.78. The Morgan fingerprint density at radius 1 is 1.07 bits per heavy atom. The molecule has 1 heterocycles. The summed E-state index contributed by atoms with van der Waals surface area (Å²) < 4.78 is 4.74. The molecule has 0 radical (unpaired) electrons. The fourth-order valence-corrected chi connectivity index (χ4v) is 3.22. The normalized spacial score (nSPS) is 11.3. The highest BCUT2D eigenvalue weighted by molar-refractivity contribution is 5.90. The molecule has 0 fully saturated rings. The van der Waals surface area contributed by atoms with Crippen LogP contribution in [0.15, 0.2) is 48.5 Å². The van der Waals surface area contributed by atoms with Crippen molar-refractivity contribution in [2.24, 2.45) is 0 Å². The van der Waals surface area contributed by atoms with Gasteiger partial charge in [-0.1, -0.05) is 45.0 Å². The van der Waals surface area contributed by atoms with Crippen LogP contribution in [0.5, 0.6) is 0 Å². The van der Waals surface area contributed by atoms with Gasteiger partial charge in [-0.15, -0.1) is 0 Å². The smallest absolute Gasteiger partial charge is 0.337 e. The minimum Gasteiger partial charge on any atom is -0.465 e. The first kappa shape index (κ1) is 19.7. The number of aromatic amines is 1. The van der Waals surface area contributed by atoms with Gasteiger partial charge in [-0.2, -0.15) is 5.10 Å². The van der Waals surface area contributed by atoms with Crippen molar-refractivity contribution in [3.8, 4) is 22.5 Å². The van der Waals surface area contributed by atoms with Crippen molar-refractivity contribution in [2.75, 3.05) is 19.0 Å². The summed E-state index contributed by atoms with van der Waals surface area (Å²) in [6.07, 6.45) is 0. The molecule has 0 bridgehead atoms. The van der Waals surface area contributed by atoms with Crippen molar-refractivity contribution in [3.05, 3.63) is 59.7 Å². The molecule has 1 aromatic heterocycles. The number of hydrogen-bond acceptors (Lipinski definition) is 4. The Hall–Kier alpha value is -3.08. The number of esters is 1. The lowest BCUT2D eigenvalue weighted by atomic mass is 9.85. The molecule has 0 aliphatic carbocycles. The summed E-state index contributed by atoms with van der Waals surface area (Å²) in [5.41, 5.74) is 6.81. The number of nitrogens with zero attached hydrogens (tertiary/aromatic N) is 1. The average Bonchev–Trinajstić information content (AvgIpc) is 3.17. The number of ether oxygens (including phenoxy) is 1. The molecular weight excluding hydrogens is 350 g/mol. The second kappa shape index (κ2) is 7.89. The molecule has 5 heteroatoms. The predicted molar refractivity (Wildman–Crippen MR) is 114 cm³/mol. The maximum Gasteiger partial charge on any atom is 0.337 e. The van der Waals surface area contributed by atoms with Crippen LogP contribution in [-0.4, -0.2) is 29.8 Å². The van der Waals surface area contributed by atoms with Gasteiger partial charge in [-0.05, 0) is 47.7 Å². The maximum absolute atomic E-state index is 11.6. The lowest BCUT2D eigenvalue weighted by molar-refractivity contribution is 0.0601. The van der Waals surface area contributed by atoms with E-state index in [9.17, 15) is 4.79 Å². The minimum atomic E-state index is -0.341. The van der Waals surface area contributed by atoms with Gasteiger partial charge in [0.1, 0.15) is 0 Å². The van der Waals surface area contributed by atoms with Crippen LogP contribution in [0.4, 0.5) is 5.69 Å². The quantitative estimate of drug-likeness (QED) is 0.595. The summed E-state index contributed by atoms with van der Waals surface area (Å²) in [6, 6.07) is 15.7. The van der Waals surface area contributed by atoms with Gasteiger partial charge in [0.05, 0.1) is 24.1 Å². The molecule has 0 atom stereocenters. The van der Waals surface area contributed by atoms with E-state index in [1.165, 1.54) is 12.7 Å². The topological polar surface area (TPSA) is 67.0 Å². The number of nitrogens with one attached hydrogen (secondary N) is 2. The van der Waals surface area contributed by atoms with Gasteiger partial charge in [0.25, 0.3) is 0 Å². The average molecular weight is 377 g/mol. The zero-order chi connectivity index (χ0) is 20.3. The van der Waals surface area contributed by atoms with Crippen molar-refractivity contribution >= 4 is 11.7 Å². The van der Waals surface area contributed by atoms with Crippen LogP contribution in [0.2, 0.25) is 0 Å². The molecule has 0 amide bonds. The lowest BCUT2D eigenvalue weighted by Gasteiger charge is -2.23. The summed E-state index contributed by atoms with van der Waals surface area (Å²) in [6.45, 7) is 9.61. The minimum absolute atomic E-state index is 0.0636. The van der Waals surface area contributed by atoms with E-state index < -0.39 is 0 Å². The highest BCUT2D eigenvalue weighted by atomic mass is 16.5. The van der Waals surface area contributed by atoms with Crippen LogP contribution in [0.25, 0.3) is 22.5 Å². The number of H-pyrrole nitrogens is 1. The molecule has 146 valence electrons. The highest BCUT2D eigenvalue weighted by Crippen LogP contribution is 2.33. The van der Waals surface area contributed by atoms with Crippen molar-refractivity contribution in [1.82, 2.24) is 10.2 Å². The number of rotatable bonds is 5. The zero-order valence-corrected chi connectivity index (χ0v) is 17.1. The van der Waals surface area contributed by atoms with Crippen LogP contribution in [0.3, 0.4) is 0 Å². The fourth-order valence-electron chi connectivity index (χ4n) is 3.22. The summed E-state index contributed by atoms with van der Waals surface area (Å²) in [5, 5.41) is 11.1. The van der Waals surface area contributed by atoms with Crippen LogP contribution < -0.4 is 5.32 Å². The number of carbonyl (C=O) groups is 1. The molecule has 3 rings (SSSR count). The molecule has 5 nitrogen and oxygen atoms in total. The molecule has 28 heavy (non-hydrogen) atoms. The molecule has 0 spiro atoms. The molecule has 2 N–H and O–H groups in total. The molecule has 0 aliphatic rings. The Morgan fingerprint density at radius 3 is 2.36 bits per heavy atom. The highest BCUT2D eigenvalue weighted by Gasteiger charge is 2.19. The van der Waals surface area contributed by atoms with Crippen LogP contribution >= 0.6 is 0 Å². The predicted octanol–water partition coefficient (Wildman–Crippen LogP) is 5.26. The number of hydrogen-bond donors (Lipinski definition) is 2. The molecule has 2 aromatic carbocycles. The van der Waals surface area contributed by atoms with Crippen molar-refractivity contribution in [2.45, 2.75) is 33.1 Å². The largest absolute Gasteiger partial charge is 0.465 e. The Labute approximate surface area is 166 Å². The van der Waals surface area contributed by atoms with E-state index in [1.807, 2.05) is 18.2 Å². The third kappa shape index (κ3) is 4.09. The van der Waals surface area contributed by atoms with Crippen molar-refractivity contribution in [1.29, 1.82) is 0 Å². The monoisotopic (exact) mass is 377 g/mol. The number of aromatic nitrogens is 2. The van der Waals surface area contributed by atoms with Gasteiger partial charge in [-0.25, -0.2) is 4.79 Å². The SMILES string of the molecule is CCNc1cc(-c2cc(-c3ccc(C(=O)OC)cc3)[nH]n2)ccc1C(C)(C)C. The Morgan fingerprint density at radius 2 is 1.75 bits per heavy atom. The second-order valence-electron chi connectivity index (χ2n) is 7.78. The number of methoxy groups -OCH3 is 1. The zero-order valence-electron chi connectivity index (χ0n) is 17.1. The van der Waals surface area contributed by atoms with E-state index in [0.29, 0.717) is 5.56 Å². The summed E-state index contributed by atoms with van der Waals surface area (Å²) in [5.74, 6) is -0.341. The Kier molecular flexibility index (Phi) is 5.54. The molecule has 0 aliphatic heterocycles. The molecule has 3 aromatic rings. The van der Waals surface area contributed by atoms with Crippen molar-refractivity contribution < 1.29 is 9.53 Å². The van der Waals surface area contributed by atoms with E-state index in [1.54, 1.807) is 12.1 Å². The first-order chi connectivity index (χ1) is 13.3. The van der Waals surface area contributed by atoms with E-state index in [0.717, 1.165) is 34.7 Å². The van der Waals surface area contributed by atoms with Gasteiger partial charge in [0, 0.05) is 17.8 Å². The van der Waals surface area contributed by atoms with Crippen LogP contribution in [0, 0.1) is 0 Å². The number of anilines is 1. The van der Waals surface area contributed by atoms with Crippen LogP contribution in [0.1, 0.15) is 43.6 Å². The van der Waals surface area contributed by atoms with Gasteiger partial charge < -0.3 is 10.1 Å². The molecule has 0 saturated carbocycles. The fraction of sp³-hybridized carbons (Fsp3) is 0.304. The maximum atomic E-state index is 11.6. The van der Waals surface area contributed by atoms with E-state index in [-0.39, 0.29) is 11.4 Å². The third-order valence-electron chi connectivity index (χ3n) is 4.69. The Balaban J connectivity index is 1.91. The third-order valence-corrected chi connectivity index (χ3v) is 4.69. The van der Waals surface area contributed by atoms with E-state index in [2.05, 4.69) is 61.4 Å². The van der Waals surface area contributed by atoms with Gasteiger partial charge in [-0.3, -0.25) is 5.10 Å². The summed E-state index contributed by atoms with van der Waals surface area (Å²) in [7, 11) is 1.38. The first-order valence-electron chi connectivity index (χ1n) is 9.46. The number of benzene rings is 2.